The fourth-order valence-electron chi connectivity index (χ4n) is 2.72. The molecule has 11 nitrogen and oxygen atoms in total. The number of hydrogen-bond donors (Lipinski definition) is 2. The normalized spacial score (nSPS) is 20.6. The summed E-state index contributed by atoms with van der Waals surface area (Å²) < 4.78 is 6.36. The van der Waals surface area contributed by atoms with Crippen molar-refractivity contribution in [1.29, 1.82) is 0 Å². The molecule has 2 amide bonds. The van der Waals surface area contributed by atoms with Crippen molar-refractivity contribution >= 4 is 53.1 Å². The number of carboxylic acid groups (broad SMARTS) is 1. The van der Waals surface area contributed by atoms with E-state index in [2.05, 4.69) is 20.8 Å². The minimum atomic E-state index is -1.16. The molecule has 2 atom stereocenters. The number of aromatic nitrogens is 4. The molecule has 15 heteroatoms. The molecule has 2 N–H and O–H groups in total. The average Bonchev–Trinajstić information content (AvgIpc) is 3.08. The first-order valence-electron chi connectivity index (χ1n) is 8.05. The zero-order valence-electron chi connectivity index (χ0n) is 17.0. The maximum Gasteiger partial charge on any atom is 1.00 e. The number of nitrogens with zero attached hydrogens (tertiary/aromatic N) is 5. The third-order valence-corrected chi connectivity index (χ3v) is 7.26. The van der Waals surface area contributed by atoms with Crippen LogP contribution in [0.5, 0.6) is 0 Å². The Morgan fingerprint density at radius 3 is 2.86 bits per heavy atom. The minimum Gasteiger partial charge on any atom is -1.00 e. The van der Waals surface area contributed by atoms with Gasteiger partial charge in [0.15, 0.2) is 0 Å². The van der Waals surface area contributed by atoms with Crippen LogP contribution in [0.3, 0.4) is 0 Å². The van der Waals surface area contributed by atoms with Crippen LogP contribution < -0.4 is 34.9 Å². The largest absolute Gasteiger partial charge is 1.00 e. The molecule has 154 valence electrons. The summed E-state index contributed by atoms with van der Waals surface area (Å²) in [6.45, 7) is 0. The van der Waals surface area contributed by atoms with Crippen LogP contribution in [0.2, 0.25) is 0 Å². The molecule has 0 bridgehead atoms. The van der Waals surface area contributed by atoms with E-state index < -0.39 is 23.3 Å². The van der Waals surface area contributed by atoms with Crippen molar-refractivity contribution in [2.75, 3.05) is 30.3 Å². The summed E-state index contributed by atoms with van der Waals surface area (Å²) in [6, 6.07) is -0.716. The number of β-lactam (4-membered cyclic amide) rings is 1. The van der Waals surface area contributed by atoms with E-state index in [0.717, 1.165) is 0 Å². The number of tetrazole rings is 1. The molecule has 1 aromatic heterocycles. The summed E-state index contributed by atoms with van der Waals surface area (Å²) in [5, 5.41) is 23.6. The fraction of sp³-hybridized carbons (Fsp3) is 0.571. The van der Waals surface area contributed by atoms with E-state index in [9.17, 15) is 19.5 Å². The number of amides is 2. The molecule has 3 rings (SSSR count). The van der Waals surface area contributed by atoms with Gasteiger partial charge in [0.05, 0.1) is 11.7 Å². The van der Waals surface area contributed by atoms with E-state index in [1.807, 2.05) is 0 Å². The van der Waals surface area contributed by atoms with Gasteiger partial charge in [-0.2, -0.15) is 0 Å². The predicted molar refractivity (Wildman–Crippen MR) is 105 cm³/mol. The molecule has 0 aliphatic carbocycles. The maximum absolute atomic E-state index is 12.5. The average molecular weight is 471 g/mol. The van der Waals surface area contributed by atoms with Gasteiger partial charge in [0.1, 0.15) is 17.1 Å². The van der Waals surface area contributed by atoms with E-state index in [-0.39, 0.29) is 48.3 Å². The Bertz CT molecular complexity index is 828. The van der Waals surface area contributed by atoms with Gasteiger partial charge in [-0.3, -0.25) is 14.5 Å². The van der Waals surface area contributed by atoms with Gasteiger partial charge in [0.25, 0.3) is 5.91 Å². The molecule has 0 radical (unpaired) electrons. The molecule has 2 aliphatic rings. The van der Waals surface area contributed by atoms with Crippen molar-refractivity contribution in [3.63, 3.8) is 0 Å². The summed E-state index contributed by atoms with van der Waals surface area (Å²) >= 11 is 4.02. The molecule has 2 aliphatic heterocycles. The molecular formula is C14H19N6NaO5S3. The predicted octanol–water partition coefficient (Wildman–Crippen LogP) is -3.51. The summed E-state index contributed by atoms with van der Waals surface area (Å²) in [6.07, 6.45) is 0. The summed E-state index contributed by atoms with van der Waals surface area (Å²) in [5.41, 5.74) is 0.603. The number of ether oxygens (including phenoxy) is 1. The SMILES string of the molecule is COCSCC(=O)N[C@H]1C(=O)N2C(C(=O)O)=C(CSc3nnnn3C)CSC12.[H-].[Na+]. The van der Waals surface area contributed by atoms with E-state index in [1.165, 1.54) is 52.0 Å². The smallest absolute Gasteiger partial charge is 1.00 e. The first-order chi connectivity index (χ1) is 13.4. The van der Waals surface area contributed by atoms with Crippen molar-refractivity contribution in [3.8, 4) is 0 Å². The van der Waals surface area contributed by atoms with Crippen molar-refractivity contribution in [2.45, 2.75) is 16.6 Å². The van der Waals surface area contributed by atoms with E-state index in [4.69, 9.17) is 4.74 Å². The molecule has 1 saturated heterocycles. The number of carboxylic acids is 1. The van der Waals surface area contributed by atoms with Crippen LogP contribution in [-0.2, 0) is 26.2 Å². The number of carbonyl (C=O) groups excluding carboxylic acids is 2. The van der Waals surface area contributed by atoms with Gasteiger partial charge in [0.2, 0.25) is 11.1 Å². The minimum absolute atomic E-state index is 0. The molecule has 1 aromatic rings. The number of nitrogens with one attached hydrogen (secondary N) is 1. The summed E-state index contributed by atoms with van der Waals surface area (Å²) in [5.74, 6) is -0.511. The van der Waals surface area contributed by atoms with E-state index in [1.54, 1.807) is 7.05 Å². The van der Waals surface area contributed by atoms with Crippen LogP contribution in [0.25, 0.3) is 0 Å². The van der Waals surface area contributed by atoms with Crippen molar-refractivity contribution in [2.24, 2.45) is 7.05 Å². The van der Waals surface area contributed by atoms with E-state index >= 15 is 0 Å². The van der Waals surface area contributed by atoms with Gasteiger partial charge in [-0.05, 0) is 16.0 Å². The first-order valence-corrected chi connectivity index (χ1v) is 11.2. The molecule has 1 unspecified atom stereocenters. The fourth-order valence-corrected chi connectivity index (χ4v) is 5.58. The Morgan fingerprint density at radius 1 is 1.48 bits per heavy atom. The van der Waals surface area contributed by atoms with Gasteiger partial charge in [-0.15, -0.1) is 28.6 Å². The second kappa shape index (κ2) is 11.0. The number of hydrogen-bond acceptors (Lipinski definition) is 10. The van der Waals surface area contributed by atoms with Crippen molar-refractivity contribution in [1.82, 2.24) is 30.4 Å². The molecule has 0 saturated carbocycles. The quantitative estimate of drug-likeness (QED) is 0.122. The Morgan fingerprint density at radius 2 is 2.24 bits per heavy atom. The second-order valence-corrected chi connectivity index (χ2v) is 8.82. The molecule has 0 spiro atoms. The van der Waals surface area contributed by atoms with Gasteiger partial charge in [0, 0.05) is 25.7 Å². The van der Waals surface area contributed by atoms with Crippen LogP contribution in [0.4, 0.5) is 0 Å². The van der Waals surface area contributed by atoms with Crippen molar-refractivity contribution in [3.05, 3.63) is 11.3 Å². The summed E-state index contributed by atoms with van der Waals surface area (Å²) in [4.78, 5) is 37.6. The number of carbonyl (C=O) groups is 3. The first kappa shape index (κ1) is 24.5. The Hall–Kier alpha value is -0.770. The zero-order chi connectivity index (χ0) is 20.3. The Kier molecular flexibility index (Phi) is 9.31. The van der Waals surface area contributed by atoms with Crippen LogP contribution in [-0.4, -0.2) is 89.7 Å². The van der Waals surface area contributed by atoms with E-state index in [0.29, 0.717) is 28.2 Å². The molecular weight excluding hydrogens is 451 g/mol. The molecule has 1 fully saturated rings. The number of aryl methyl sites for hydroxylation is 1. The monoisotopic (exact) mass is 470 g/mol. The number of fused-ring (bicyclic) bond motifs is 1. The standard InChI is InChI=1S/C14H18N6O5S3.Na.H/c1-19-14(16-17-18-19)28-4-7-3-27-12-9(15-8(21)5-26-6-25-2)11(22)20(12)10(7)13(23)24;;/h9,12H,3-6H2,1-2H3,(H,15,21)(H,23,24);;/q;+1;-1/t9-,12?;;/m0../s1. The molecule has 0 aromatic carbocycles. The maximum atomic E-state index is 12.5. The van der Waals surface area contributed by atoms with Crippen LogP contribution in [0.1, 0.15) is 1.43 Å². The van der Waals surface area contributed by atoms with Crippen LogP contribution in [0.15, 0.2) is 16.4 Å². The Balaban J connectivity index is 0.00000225. The zero-order valence-corrected chi connectivity index (χ0v) is 20.5. The van der Waals surface area contributed by atoms with Gasteiger partial charge in [-0.1, -0.05) is 11.8 Å². The number of thioether (sulfide) groups is 3. The molecule has 3 heterocycles. The number of rotatable bonds is 9. The van der Waals surface area contributed by atoms with Gasteiger partial charge < -0.3 is 16.6 Å². The van der Waals surface area contributed by atoms with Crippen molar-refractivity contribution < 1.29 is 55.2 Å². The molecule has 29 heavy (non-hydrogen) atoms. The number of aliphatic carboxylic acids is 1. The number of methoxy groups -OCH3 is 1. The summed E-state index contributed by atoms with van der Waals surface area (Å²) in [7, 11) is 3.23. The third-order valence-electron chi connectivity index (χ3n) is 3.96. The second-order valence-electron chi connectivity index (χ2n) is 5.84. The van der Waals surface area contributed by atoms with Crippen LogP contribution >= 0.6 is 35.3 Å². The Labute approximate surface area is 202 Å². The van der Waals surface area contributed by atoms with Crippen LogP contribution in [0, 0.1) is 0 Å². The van der Waals surface area contributed by atoms with Gasteiger partial charge >= 0.3 is 35.5 Å². The topological polar surface area (TPSA) is 140 Å². The third kappa shape index (κ3) is 5.48. The van der Waals surface area contributed by atoms with Gasteiger partial charge in [-0.25, -0.2) is 9.48 Å².